The van der Waals surface area contributed by atoms with Crippen molar-refractivity contribution in [1.82, 2.24) is 0 Å². The van der Waals surface area contributed by atoms with Crippen molar-refractivity contribution in [3.8, 4) is 5.75 Å². The zero-order valence-electron chi connectivity index (χ0n) is 12.7. The molecular formula is C16H24O3. The molecule has 106 valence electrons. The van der Waals surface area contributed by atoms with E-state index in [4.69, 9.17) is 9.47 Å². The number of rotatable bonds is 5. The number of carbonyl (C=O) groups excluding carboxylic acids is 1. The van der Waals surface area contributed by atoms with Crippen LogP contribution in [0.25, 0.3) is 0 Å². The minimum Gasteiger partial charge on any atom is -0.478 e. The summed E-state index contributed by atoms with van der Waals surface area (Å²) in [5.74, 6) is 0.830. The number of ether oxygens (including phenoxy) is 2. The number of carbonyl (C=O) groups is 1. The van der Waals surface area contributed by atoms with Crippen molar-refractivity contribution in [3.05, 3.63) is 28.8 Å². The van der Waals surface area contributed by atoms with E-state index in [0.29, 0.717) is 12.3 Å². The molecule has 0 N–H and O–H groups in total. The third-order valence-corrected chi connectivity index (χ3v) is 3.18. The van der Waals surface area contributed by atoms with Crippen LogP contribution >= 0.6 is 0 Å². The summed E-state index contributed by atoms with van der Waals surface area (Å²) < 4.78 is 10.7. The highest BCUT2D eigenvalue weighted by molar-refractivity contribution is 5.75. The molecule has 0 unspecified atom stereocenters. The van der Waals surface area contributed by atoms with Gasteiger partial charge < -0.3 is 9.47 Å². The van der Waals surface area contributed by atoms with Crippen molar-refractivity contribution in [2.24, 2.45) is 5.92 Å². The van der Waals surface area contributed by atoms with E-state index in [-0.39, 0.29) is 5.97 Å². The second-order valence-corrected chi connectivity index (χ2v) is 5.46. The van der Waals surface area contributed by atoms with Crippen LogP contribution in [0.1, 0.15) is 37.0 Å². The Morgan fingerprint density at radius 3 is 2.37 bits per heavy atom. The Kier molecular flexibility index (Phi) is 5.40. The number of hydrogen-bond donors (Lipinski definition) is 0. The van der Waals surface area contributed by atoms with E-state index >= 15 is 0 Å². The smallest absolute Gasteiger partial charge is 0.347 e. The largest absolute Gasteiger partial charge is 0.478 e. The molecule has 1 atom stereocenters. The summed E-state index contributed by atoms with van der Waals surface area (Å²) in [5.41, 5.74) is 3.37. The van der Waals surface area contributed by atoms with Gasteiger partial charge in [0, 0.05) is 0 Å². The molecule has 0 aliphatic carbocycles. The van der Waals surface area contributed by atoms with Crippen LogP contribution in [-0.4, -0.2) is 19.2 Å². The number of hydrogen-bond acceptors (Lipinski definition) is 3. The highest BCUT2D eigenvalue weighted by Crippen LogP contribution is 2.25. The van der Waals surface area contributed by atoms with Gasteiger partial charge in [0.15, 0.2) is 6.10 Å². The summed E-state index contributed by atoms with van der Waals surface area (Å²) in [6.45, 7) is 10.2. The fraction of sp³-hybridized carbons (Fsp3) is 0.562. The third-order valence-electron chi connectivity index (χ3n) is 3.18. The topological polar surface area (TPSA) is 35.5 Å². The highest BCUT2D eigenvalue weighted by Gasteiger charge is 2.23. The van der Waals surface area contributed by atoms with Crippen LogP contribution in [0.4, 0.5) is 0 Å². The van der Waals surface area contributed by atoms with Gasteiger partial charge in [0.05, 0.1) is 7.11 Å². The van der Waals surface area contributed by atoms with Gasteiger partial charge >= 0.3 is 5.97 Å². The molecule has 0 radical (unpaired) electrons. The molecule has 0 aromatic heterocycles. The molecule has 3 heteroatoms. The van der Waals surface area contributed by atoms with Gasteiger partial charge in [-0.05, 0) is 55.9 Å². The van der Waals surface area contributed by atoms with Crippen molar-refractivity contribution in [2.75, 3.05) is 7.11 Å². The molecule has 0 bridgehead atoms. The molecule has 0 amide bonds. The molecule has 1 aromatic rings. The lowest BCUT2D eigenvalue weighted by atomic mass is 10.0. The van der Waals surface area contributed by atoms with Gasteiger partial charge in [-0.2, -0.15) is 0 Å². The zero-order valence-corrected chi connectivity index (χ0v) is 12.7. The lowest BCUT2D eigenvalue weighted by Crippen LogP contribution is -2.30. The minimum absolute atomic E-state index is 0.313. The van der Waals surface area contributed by atoms with Gasteiger partial charge in [-0.15, -0.1) is 0 Å². The standard InChI is InChI=1S/C16H24O3/c1-10(2)7-15(16(17)18-6)19-14-9-11(3)8-12(4)13(14)5/h8-10,15H,7H2,1-6H3/t15-/m1/s1. The fourth-order valence-corrected chi connectivity index (χ4v) is 2.03. The first kappa shape index (κ1) is 15.5. The summed E-state index contributed by atoms with van der Waals surface area (Å²) in [6.07, 6.45) is 0.115. The van der Waals surface area contributed by atoms with Crippen molar-refractivity contribution >= 4 is 5.97 Å². The quantitative estimate of drug-likeness (QED) is 0.763. The van der Waals surface area contributed by atoms with Crippen LogP contribution in [0.2, 0.25) is 0 Å². The zero-order chi connectivity index (χ0) is 14.6. The molecule has 19 heavy (non-hydrogen) atoms. The lowest BCUT2D eigenvalue weighted by Gasteiger charge is -2.21. The summed E-state index contributed by atoms with van der Waals surface area (Å²) >= 11 is 0. The second-order valence-electron chi connectivity index (χ2n) is 5.46. The molecule has 0 spiro atoms. The molecule has 0 saturated heterocycles. The van der Waals surface area contributed by atoms with Crippen molar-refractivity contribution in [2.45, 2.75) is 47.1 Å². The molecule has 0 fully saturated rings. The van der Waals surface area contributed by atoms with Crippen molar-refractivity contribution in [1.29, 1.82) is 0 Å². The number of aryl methyl sites for hydroxylation is 2. The number of esters is 1. The average molecular weight is 264 g/mol. The Hall–Kier alpha value is -1.51. The Morgan fingerprint density at radius 1 is 1.21 bits per heavy atom. The van der Waals surface area contributed by atoms with E-state index in [1.807, 2.05) is 26.8 Å². The van der Waals surface area contributed by atoms with Gasteiger partial charge in [-0.25, -0.2) is 4.79 Å². The molecule has 0 saturated carbocycles. The Bertz CT molecular complexity index is 450. The number of methoxy groups -OCH3 is 1. The molecule has 1 aromatic carbocycles. The minimum atomic E-state index is -0.537. The Morgan fingerprint density at radius 2 is 1.84 bits per heavy atom. The molecule has 3 nitrogen and oxygen atoms in total. The van der Waals surface area contributed by atoms with E-state index in [2.05, 4.69) is 19.9 Å². The molecule has 0 aliphatic rings. The molecule has 0 heterocycles. The van der Waals surface area contributed by atoms with Crippen LogP contribution in [0.3, 0.4) is 0 Å². The predicted molar refractivity (Wildman–Crippen MR) is 76.5 cm³/mol. The van der Waals surface area contributed by atoms with E-state index in [9.17, 15) is 4.79 Å². The average Bonchev–Trinajstić information content (AvgIpc) is 2.32. The second kappa shape index (κ2) is 6.60. The Labute approximate surface area is 115 Å². The van der Waals surface area contributed by atoms with Gasteiger partial charge in [0.25, 0.3) is 0 Å². The maximum absolute atomic E-state index is 11.8. The third kappa shape index (κ3) is 4.27. The normalized spacial score (nSPS) is 12.4. The van der Waals surface area contributed by atoms with Gasteiger partial charge in [0.1, 0.15) is 5.75 Å². The highest BCUT2D eigenvalue weighted by atomic mass is 16.6. The first-order chi connectivity index (χ1) is 8.85. The molecular weight excluding hydrogens is 240 g/mol. The maximum Gasteiger partial charge on any atom is 0.347 e. The summed E-state index contributed by atoms with van der Waals surface area (Å²) in [5, 5.41) is 0. The van der Waals surface area contributed by atoms with Crippen LogP contribution in [-0.2, 0) is 9.53 Å². The van der Waals surface area contributed by atoms with E-state index in [1.165, 1.54) is 12.7 Å². The van der Waals surface area contributed by atoms with E-state index in [1.54, 1.807) is 0 Å². The lowest BCUT2D eigenvalue weighted by molar-refractivity contribution is -0.149. The van der Waals surface area contributed by atoms with Crippen LogP contribution in [0, 0.1) is 26.7 Å². The van der Waals surface area contributed by atoms with Gasteiger partial charge in [-0.1, -0.05) is 19.9 Å². The fourth-order valence-electron chi connectivity index (χ4n) is 2.03. The SMILES string of the molecule is COC(=O)[C@@H](CC(C)C)Oc1cc(C)cc(C)c1C. The first-order valence-electron chi connectivity index (χ1n) is 6.67. The molecule has 1 rings (SSSR count). The number of benzene rings is 1. The molecule has 0 aliphatic heterocycles. The van der Waals surface area contributed by atoms with Gasteiger partial charge in [0.2, 0.25) is 0 Å². The van der Waals surface area contributed by atoms with Crippen LogP contribution in [0.15, 0.2) is 12.1 Å². The van der Waals surface area contributed by atoms with Crippen molar-refractivity contribution < 1.29 is 14.3 Å². The summed E-state index contributed by atoms with van der Waals surface area (Å²) in [6, 6.07) is 4.08. The Balaban J connectivity index is 2.99. The predicted octanol–water partition coefficient (Wildman–Crippen LogP) is 3.58. The first-order valence-corrected chi connectivity index (χ1v) is 6.67. The van der Waals surface area contributed by atoms with Crippen LogP contribution < -0.4 is 4.74 Å². The van der Waals surface area contributed by atoms with Crippen LogP contribution in [0.5, 0.6) is 5.75 Å². The summed E-state index contributed by atoms with van der Waals surface area (Å²) in [7, 11) is 1.40. The summed E-state index contributed by atoms with van der Waals surface area (Å²) in [4.78, 5) is 11.8. The maximum atomic E-state index is 11.8. The van der Waals surface area contributed by atoms with E-state index in [0.717, 1.165) is 16.9 Å². The van der Waals surface area contributed by atoms with Gasteiger partial charge in [-0.3, -0.25) is 0 Å². The van der Waals surface area contributed by atoms with E-state index < -0.39 is 6.10 Å². The monoisotopic (exact) mass is 264 g/mol. The van der Waals surface area contributed by atoms with Crippen molar-refractivity contribution in [3.63, 3.8) is 0 Å².